The molecular formula is C18H16N2O4. The number of aryl methyl sites for hydroxylation is 1. The van der Waals surface area contributed by atoms with Crippen molar-refractivity contribution in [1.82, 2.24) is 5.16 Å². The van der Waals surface area contributed by atoms with E-state index < -0.39 is 0 Å². The van der Waals surface area contributed by atoms with Gasteiger partial charge in [0.25, 0.3) is 11.8 Å². The van der Waals surface area contributed by atoms with Crippen LogP contribution < -0.4 is 14.8 Å². The molecule has 0 saturated carbocycles. The summed E-state index contributed by atoms with van der Waals surface area (Å²) in [7, 11) is 0. The van der Waals surface area contributed by atoms with Crippen molar-refractivity contribution in [3.8, 4) is 17.4 Å². The minimum Gasteiger partial charge on any atom is -0.465 e. The van der Waals surface area contributed by atoms with Crippen LogP contribution in [0.5, 0.6) is 17.4 Å². The molecule has 0 radical (unpaired) electrons. The van der Waals surface area contributed by atoms with Crippen LogP contribution in [0.15, 0.2) is 65.2 Å². The lowest BCUT2D eigenvalue weighted by Crippen LogP contribution is -2.20. The summed E-state index contributed by atoms with van der Waals surface area (Å²) in [5, 5.41) is 6.40. The van der Waals surface area contributed by atoms with Crippen LogP contribution in [-0.4, -0.2) is 17.7 Å². The Bertz CT molecular complexity index is 815. The Morgan fingerprint density at radius 3 is 2.62 bits per heavy atom. The Kier molecular flexibility index (Phi) is 4.76. The predicted octanol–water partition coefficient (Wildman–Crippen LogP) is 3.79. The van der Waals surface area contributed by atoms with Gasteiger partial charge in [-0.3, -0.25) is 4.79 Å². The highest BCUT2D eigenvalue weighted by Crippen LogP contribution is 2.23. The van der Waals surface area contributed by atoms with E-state index in [0.717, 1.165) is 5.75 Å². The first kappa shape index (κ1) is 15.6. The lowest BCUT2D eigenvalue weighted by atomic mass is 10.3. The molecule has 0 fully saturated rings. The van der Waals surface area contributed by atoms with E-state index >= 15 is 0 Å². The highest BCUT2D eigenvalue weighted by Gasteiger charge is 2.07. The number of benzene rings is 2. The molecule has 0 aliphatic rings. The lowest BCUT2D eigenvalue weighted by Gasteiger charge is -2.09. The van der Waals surface area contributed by atoms with E-state index in [1.807, 2.05) is 36.4 Å². The van der Waals surface area contributed by atoms with Crippen LogP contribution >= 0.6 is 0 Å². The van der Waals surface area contributed by atoms with E-state index in [-0.39, 0.29) is 18.4 Å². The number of anilines is 1. The maximum Gasteiger partial charge on any atom is 0.262 e. The van der Waals surface area contributed by atoms with Crippen LogP contribution in [0.2, 0.25) is 0 Å². The quantitative estimate of drug-likeness (QED) is 0.746. The first-order chi connectivity index (χ1) is 11.7. The van der Waals surface area contributed by atoms with Crippen LogP contribution in [-0.2, 0) is 4.79 Å². The average Bonchev–Trinajstić information content (AvgIpc) is 3.00. The number of hydrogen-bond acceptors (Lipinski definition) is 5. The summed E-state index contributed by atoms with van der Waals surface area (Å²) in [6, 6.07) is 18.2. The summed E-state index contributed by atoms with van der Waals surface area (Å²) in [6.07, 6.45) is 0. The molecule has 1 aromatic heterocycles. The molecule has 122 valence electrons. The third-order valence-electron chi connectivity index (χ3n) is 3.05. The van der Waals surface area contributed by atoms with E-state index in [0.29, 0.717) is 17.2 Å². The monoisotopic (exact) mass is 324 g/mol. The minimum absolute atomic E-state index is 0.157. The third kappa shape index (κ3) is 4.36. The molecule has 1 heterocycles. The van der Waals surface area contributed by atoms with Gasteiger partial charge < -0.3 is 19.3 Å². The number of carbonyl (C=O) groups excluding carboxylic acids is 1. The van der Waals surface area contributed by atoms with E-state index in [1.54, 1.807) is 31.2 Å². The third-order valence-corrected chi connectivity index (χ3v) is 3.05. The van der Waals surface area contributed by atoms with Gasteiger partial charge in [-0.2, -0.15) is 0 Å². The van der Waals surface area contributed by atoms with E-state index in [1.165, 1.54) is 0 Å². The fourth-order valence-corrected chi connectivity index (χ4v) is 2.01. The fraction of sp³-hybridized carbons (Fsp3) is 0.111. The Morgan fingerprint density at radius 2 is 1.88 bits per heavy atom. The number of rotatable bonds is 6. The maximum atomic E-state index is 11.9. The van der Waals surface area contributed by atoms with Gasteiger partial charge in [-0.15, -0.1) is 0 Å². The number of nitrogens with one attached hydrogen (secondary N) is 1. The van der Waals surface area contributed by atoms with Crippen molar-refractivity contribution in [2.75, 3.05) is 11.9 Å². The second-order valence-electron chi connectivity index (χ2n) is 5.06. The van der Waals surface area contributed by atoms with Crippen LogP contribution in [0.4, 0.5) is 5.69 Å². The number of amides is 1. The molecule has 6 heteroatoms. The van der Waals surface area contributed by atoms with Crippen molar-refractivity contribution in [1.29, 1.82) is 0 Å². The van der Waals surface area contributed by atoms with Crippen molar-refractivity contribution in [3.05, 3.63) is 66.4 Å². The van der Waals surface area contributed by atoms with Crippen molar-refractivity contribution in [2.24, 2.45) is 0 Å². The fourth-order valence-electron chi connectivity index (χ4n) is 2.01. The molecule has 3 aromatic rings. The van der Waals surface area contributed by atoms with Crippen molar-refractivity contribution in [2.45, 2.75) is 6.92 Å². The second-order valence-corrected chi connectivity index (χ2v) is 5.06. The molecule has 2 aromatic carbocycles. The number of carbonyl (C=O) groups is 1. The number of aromatic nitrogens is 1. The van der Waals surface area contributed by atoms with Gasteiger partial charge in [-0.05, 0) is 36.3 Å². The Labute approximate surface area is 139 Å². The normalized spacial score (nSPS) is 10.2. The van der Waals surface area contributed by atoms with Crippen LogP contribution in [0.3, 0.4) is 0 Å². The molecule has 3 rings (SSSR count). The van der Waals surface area contributed by atoms with E-state index in [2.05, 4.69) is 10.5 Å². The van der Waals surface area contributed by atoms with Gasteiger partial charge >= 0.3 is 0 Å². The summed E-state index contributed by atoms with van der Waals surface area (Å²) in [6.45, 7) is 1.59. The van der Waals surface area contributed by atoms with Crippen molar-refractivity contribution in [3.63, 3.8) is 0 Å². The maximum absolute atomic E-state index is 11.9. The van der Waals surface area contributed by atoms with Gasteiger partial charge in [-0.1, -0.05) is 24.3 Å². The van der Waals surface area contributed by atoms with Crippen molar-refractivity contribution < 1.29 is 18.8 Å². The molecular weight excluding hydrogens is 308 g/mol. The number of hydrogen-bond donors (Lipinski definition) is 1. The number of para-hydroxylation sites is 1. The van der Waals surface area contributed by atoms with Crippen LogP contribution in [0.1, 0.15) is 5.76 Å². The van der Waals surface area contributed by atoms with Crippen molar-refractivity contribution >= 4 is 11.6 Å². The largest absolute Gasteiger partial charge is 0.465 e. The van der Waals surface area contributed by atoms with E-state index in [4.69, 9.17) is 14.0 Å². The smallest absolute Gasteiger partial charge is 0.262 e. The molecule has 24 heavy (non-hydrogen) atoms. The first-order valence-corrected chi connectivity index (χ1v) is 7.38. The standard InChI is InChI=1S/C18H16N2O4/c1-13-10-18(20-24-13)22-12-17(21)19-14-6-5-9-16(11-14)23-15-7-3-2-4-8-15/h2-11H,12H2,1H3,(H,19,21). The van der Waals surface area contributed by atoms with Gasteiger partial charge in [0.1, 0.15) is 17.3 Å². The zero-order valence-electron chi connectivity index (χ0n) is 13.1. The Hall–Kier alpha value is -3.28. The molecule has 0 saturated heterocycles. The second kappa shape index (κ2) is 7.32. The van der Waals surface area contributed by atoms with Crippen LogP contribution in [0, 0.1) is 6.92 Å². The molecule has 0 unspecified atom stereocenters. The Balaban J connectivity index is 1.56. The van der Waals surface area contributed by atoms with Crippen LogP contribution in [0.25, 0.3) is 0 Å². The zero-order chi connectivity index (χ0) is 16.8. The topological polar surface area (TPSA) is 73.6 Å². The highest BCUT2D eigenvalue weighted by atomic mass is 16.5. The van der Waals surface area contributed by atoms with Gasteiger partial charge in [0.05, 0.1) is 0 Å². The summed E-state index contributed by atoms with van der Waals surface area (Å²) >= 11 is 0. The Morgan fingerprint density at radius 1 is 1.08 bits per heavy atom. The number of ether oxygens (including phenoxy) is 2. The highest BCUT2D eigenvalue weighted by molar-refractivity contribution is 5.92. The zero-order valence-corrected chi connectivity index (χ0v) is 13.1. The van der Waals surface area contributed by atoms with E-state index in [9.17, 15) is 4.79 Å². The molecule has 0 aliphatic carbocycles. The molecule has 6 nitrogen and oxygen atoms in total. The predicted molar refractivity (Wildman–Crippen MR) is 88.3 cm³/mol. The van der Waals surface area contributed by atoms with Gasteiger partial charge in [-0.25, -0.2) is 0 Å². The molecule has 0 bridgehead atoms. The average molecular weight is 324 g/mol. The molecule has 0 atom stereocenters. The summed E-state index contributed by atoms with van der Waals surface area (Å²) in [4.78, 5) is 11.9. The molecule has 0 aliphatic heterocycles. The lowest BCUT2D eigenvalue weighted by molar-refractivity contribution is -0.118. The van der Waals surface area contributed by atoms with Gasteiger partial charge in [0.15, 0.2) is 6.61 Å². The molecule has 1 amide bonds. The van der Waals surface area contributed by atoms with Gasteiger partial charge in [0, 0.05) is 17.8 Å². The minimum atomic E-state index is -0.299. The summed E-state index contributed by atoms with van der Waals surface area (Å²) < 4.78 is 15.8. The first-order valence-electron chi connectivity index (χ1n) is 7.38. The molecule has 1 N–H and O–H groups in total. The van der Waals surface area contributed by atoms with Gasteiger partial charge in [0.2, 0.25) is 0 Å². The summed E-state index contributed by atoms with van der Waals surface area (Å²) in [5.41, 5.74) is 0.619. The number of nitrogens with zero attached hydrogens (tertiary/aromatic N) is 1. The SMILES string of the molecule is Cc1cc(OCC(=O)Nc2cccc(Oc3ccccc3)c2)no1. The summed E-state index contributed by atoms with van der Waals surface area (Å²) in [5.74, 6) is 1.96. The molecule has 0 spiro atoms.